The van der Waals surface area contributed by atoms with Gasteiger partial charge in [-0.05, 0) is 36.2 Å². The highest BCUT2D eigenvalue weighted by Gasteiger charge is 2.22. The summed E-state index contributed by atoms with van der Waals surface area (Å²) in [5, 5.41) is 0. The van der Waals surface area contributed by atoms with Gasteiger partial charge in [0.1, 0.15) is 5.75 Å². The van der Waals surface area contributed by atoms with Crippen molar-refractivity contribution in [2.75, 3.05) is 7.11 Å². The predicted molar refractivity (Wildman–Crippen MR) is 72.8 cm³/mol. The Hall–Kier alpha value is -2.16. The topological polar surface area (TPSA) is 27.7 Å². The highest BCUT2D eigenvalue weighted by molar-refractivity contribution is 5.41. The quantitative estimate of drug-likeness (QED) is 0.838. The number of aryl methyl sites for hydroxylation is 1. The number of ether oxygens (including phenoxy) is 3. The summed E-state index contributed by atoms with van der Waals surface area (Å²) in [4.78, 5) is 0. The summed E-state index contributed by atoms with van der Waals surface area (Å²) in [6, 6.07) is 15.8. The van der Waals surface area contributed by atoms with E-state index in [0.717, 1.165) is 30.1 Å². The van der Waals surface area contributed by atoms with Crippen molar-refractivity contribution in [3.8, 4) is 17.2 Å². The SMILES string of the molecule is COc1cccc(CCC2Oc3ccccc3O2)c1. The molecule has 0 atom stereocenters. The number of rotatable bonds is 4. The Morgan fingerprint density at radius 3 is 2.42 bits per heavy atom. The lowest BCUT2D eigenvalue weighted by Crippen LogP contribution is -2.18. The fourth-order valence-corrected chi connectivity index (χ4v) is 2.18. The average molecular weight is 256 g/mol. The molecule has 0 saturated heterocycles. The first-order chi connectivity index (χ1) is 9.35. The van der Waals surface area contributed by atoms with Crippen molar-refractivity contribution in [2.45, 2.75) is 19.1 Å². The third-order valence-corrected chi connectivity index (χ3v) is 3.17. The van der Waals surface area contributed by atoms with E-state index in [1.54, 1.807) is 7.11 Å². The van der Waals surface area contributed by atoms with Crippen molar-refractivity contribution in [1.82, 2.24) is 0 Å². The molecule has 3 heteroatoms. The lowest BCUT2D eigenvalue weighted by molar-refractivity contribution is 0.0422. The van der Waals surface area contributed by atoms with E-state index in [4.69, 9.17) is 14.2 Å². The minimum Gasteiger partial charge on any atom is -0.497 e. The Bertz CT molecular complexity index is 540. The minimum atomic E-state index is -0.191. The highest BCUT2D eigenvalue weighted by Crippen LogP contribution is 2.35. The zero-order chi connectivity index (χ0) is 13.1. The fourth-order valence-electron chi connectivity index (χ4n) is 2.18. The van der Waals surface area contributed by atoms with Gasteiger partial charge in [-0.25, -0.2) is 0 Å². The largest absolute Gasteiger partial charge is 0.497 e. The van der Waals surface area contributed by atoms with E-state index in [0.29, 0.717) is 0 Å². The molecule has 3 rings (SSSR count). The highest BCUT2D eigenvalue weighted by atomic mass is 16.7. The molecule has 0 saturated carbocycles. The summed E-state index contributed by atoms with van der Waals surface area (Å²) < 4.78 is 16.7. The van der Waals surface area contributed by atoms with E-state index >= 15 is 0 Å². The number of methoxy groups -OCH3 is 1. The van der Waals surface area contributed by atoms with Gasteiger partial charge in [0.05, 0.1) is 7.11 Å². The smallest absolute Gasteiger partial charge is 0.241 e. The van der Waals surface area contributed by atoms with Crippen LogP contribution in [0.15, 0.2) is 48.5 Å². The van der Waals surface area contributed by atoms with Crippen molar-refractivity contribution in [2.24, 2.45) is 0 Å². The maximum absolute atomic E-state index is 5.73. The predicted octanol–water partition coefficient (Wildman–Crippen LogP) is 3.43. The van der Waals surface area contributed by atoms with Gasteiger partial charge in [-0.2, -0.15) is 0 Å². The fraction of sp³-hybridized carbons (Fsp3) is 0.250. The first-order valence-corrected chi connectivity index (χ1v) is 6.40. The van der Waals surface area contributed by atoms with Gasteiger partial charge in [-0.15, -0.1) is 0 Å². The van der Waals surface area contributed by atoms with E-state index in [1.807, 2.05) is 42.5 Å². The zero-order valence-corrected chi connectivity index (χ0v) is 10.8. The van der Waals surface area contributed by atoms with Crippen LogP contribution in [0, 0.1) is 0 Å². The molecular formula is C16H16O3. The summed E-state index contributed by atoms with van der Waals surface area (Å²) in [6.07, 6.45) is 1.53. The average Bonchev–Trinajstić information content (AvgIpc) is 2.88. The van der Waals surface area contributed by atoms with Gasteiger partial charge in [0.25, 0.3) is 0 Å². The second-order valence-corrected chi connectivity index (χ2v) is 4.50. The van der Waals surface area contributed by atoms with Crippen molar-refractivity contribution in [1.29, 1.82) is 0 Å². The molecule has 19 heavy (non-hydrogen) atoms. The van der Waals surface area contributed by atoms with Crippen LogP contribution in [0.25, 0.3) is 0 Å². The van der Waals surface area contributed by atoms with E-state index < -0.39 is 0 Å². The first-order valence-electron chi connectivity index (χ1n) is 6.40. The van der Waals surface area contributed by atoms with Crippen LogP contribution in [0.5, 0.6) is 17.2 Å². The van der Waals surface area contributed by atoms with E-state index in [-0.39, 0.29) is 6.29 Å². The van der Waals surface area contributed by atoms with Crippen LogP contribution in [0.4, 0.5) is 0 Å². The molecule has 0 fully saturated rings. The molecule has 2 aromatic carbocycles. The van der Waals surface area contributed by atoms with Gasteiger partial charge >= 0.3 is 0 Å². The Balaban J connectivity index is 1.59. The van der Waals surface area contributed by atoms with Crippen LogP contribution in [-0.4, -0.2) is 13.4 Å². The number of benzene rings is 2. The summed E-state index contributed by atoms with van der Waals surface area (Å²) in [7, 11) is 1.68. The molecule has 98 valence electrons. The minimum absolute atomic E-state index is 0.191. The van der Waals surface area contributed by atoms with E-state index in [1.165, 1.54) is 5.56 Å². The molecule has 0 amide bonds. The summed E-state index contributed by atoms with van der Waals surface area (Å²) >= 11 is 0. The molecule has 0 spiro atoms. The molecule has 0 unspecified atom stereocenters. The lowest BCUT2D eigenvalue weighted by atomic mass is 10.1. The van der Waals surface area contributed by atoms with Crippen molar-refractivity contribution < 1.29 is 14.2 Å². The van der Waals surface area contributed by atoms with Gasteiger partial charge in [-0.3, -0.25) is 0 Å². The molecule has 3 nitrogen and oxygen atoms in total. The third-order valence-electron chi connectivity index (χ3n) is 3.17. The van der Waals surface area contributed by atoms with Crippen LogP contribution in [0.1, 0.15) is 12.0 Å². The Morgan fingerprint density at radius 2 is 1.74 bits per heavy atom. The number of fused-ring (bicyclic) bond motifs is 1. The van der Waals surface area contributed by atoms with Crippen LogP contribution < -0.4 is 14.2 Å². The zero-order valence-electron chi connectivity index (χ0n) is 10.8. The van der Waals surface area contributed by atoms with Crippen LogP contribution in [0.2, 0.25) is 0 Å². The standard InChI is InChI=1S/C16H16O3/c1-17-13-6-4-5-12(11-13)9-10-16-18-14-7-2-3-8-15(14)19-16/h2-8,11,16H,9-10H2,1H3. The van der Waals surface area contributed by atoms with E-state index in [2.05, 4.69) is 6.07 Å². The molecule has 1 heterocycles. The van der Waals surface area contributed by atoms with Crippen molar-refractivity contribution in [3.63, 3.8) is 0 Å². The molecule has 1 aliphatic rings. The second kappa shape index (κ2) is 5.22. The second-order valence-electron chi connectivity index (χ2n) is 4.50. The molecule has 2 aromatic rings. The molecule has 0 aromatic heterocycles. The van der Waals surface area contributed by atoms with Crippen molar-refractivity contribution >= 4 is 0 Å². The Kier molecular flexibility index (Phi) is 3.27. The monoisotopic (exact) mass is 256 g/mol. The summed E-state index contributed by atoms with van der Waals surface area (Å²) in [5.41, 5.74) is 1.22. The molecule has 0 aliphatic carbocycles. The number of hydrogen-bond donors (Lipinski definition) is 0. The van der Waals surface area contributed by atoms with Crippen LogP contribution >= 0.6 is 0 Å². The molecule has 0 bridgehead atoms. The number of hydrogen-bond acceptors (Lipinski definition) is 3. The van der Waals surface area contributed by atoms with Gasteiger partial charge in [0, 0.05) is 6.42 Å². The maximum atomic E-state index is 5.73. The molecule has 0 radical (unpaired) electrons. The summed E-state index contributed by atoms with van der Waals surface area (Å²) in [5.74, 6) is 2.55. The first kappa shape index (κ1) is 11.9. The lowest BCUT2D eigenvalue weighted by Gasteiger charge is -2.10. The van der Waals surface area contributed by atoms with Crippen molar-refractivity contribution in [3.05, 3.63) is 54.1 Å². The molecule has 0 N–H and O–H groups in total. The Morgan fingerprint density at radius 1 is 1.00 bits per heavy atom. The maximum Gasteiger partial charge on any atom is 0.241 e. The van der Waals surface area contributed by atoms with E-state index in [9.17, 15) is 0 Å². The van der Waals surface area contributed by atoms with Gasteiger partial charge in [-0.1, -0.05) is 24.3 Å². The van der Waals surface area contributed by atoms with Gasteiger partial charge < -0.3 is 14.2 Å². The normalized spacial score (nSPS) is 13.5. The van der Waals surface area contributed by atoms with Gasteiger partial charge in [0.15, 0.2) is 11.5 Å². The third kappa shape index (κ3) is 2.65. The summed E-state index contributed by atoms with van der Waals surface area (Å²) in [6.45, 7) is 0. The Labute approximate surface area is 112 Å². The number of para-hydroxylation sites is 2. The van der Waals surface area contributed by atoms with Crippen LogP contribution in [0.3, 0.4) is 0 Å². The molecule has 1 aliphatic heterocycles. The van der Waals surface area contributed by atoms with Crippen LogP contribution in [-0.2, 0) is 6.42 Å². The van der Waals surface area contributed by atoms with Gasteiger partial charge in [0.2, 0.25) is 6.29 Å². The molecular weight excluding hydrogens is 240 g/mol.